The summed E-state index contributed by atoms with van der Waals surface area (Å²) in [6, 6.07) is -0.151. The first-order valence-corrected chi connectivity index (χ1v) is 6.61. The molecule has 1 fully saturated rings. The maximum Gasteiger partial charge on any atom is 0.234 e. The number of rotatable bonds is 3. The lowest BCUT2D eigenvalue weighted by atomic mass is 9.92. The quantitative estimate of drug-likeness (QED) is 0.836. The highest BCUT2D eigenvalue weighted by Gasteiger charge is 2.30. The Hall–Kier alpha value is -1.14. The Morgan fingerprint density at radius 1 is 1.71 bits per heavy atom. The molecule has 2 unspecified atom stereocenters. The van der Waals surface area contributed by atoms with Gasteiger partial charge in [0.2, 0.25) is 5.91 Å². The van der Waals surface area contributed by atoms with Crippen molar-refractivity contribution in [3.63, 3.8) is 0 Å². The number of thiazole rings is 1. The third-order valence-electron chi connectivity index (χ3n) is 3.23. The van der Waals surface area contributed by atoms with Gasteiger partial charge in [-0.1, -0.05) is 6.92 Å². The number of hydrogen-bond acceptors (Lipinski definition) is 5. The molecule has 4 N–H and O–H groups in total. The Bertz CT molecular complexity index is 406. The van der Waals surface area contributed by atoms with Crippen LogP contribution in [0.25, 0.3) is 0 Å². The van der Waals surface area contributed by atoms with E-state index < -0.39 is 0 Å². The van der Waals surface area contributed by atoms with Gasteiger partial charge in [0.05, 0.1) is 6.04 Å². The van der Waals surface area contributed by atoms with E-state index in [4.69, 9.17) is 11.5 Å². The number of nitrogens with two attached hydrogens (primary N) is 2. The van der Waals surface area contributed by atoms with Gasteiger partial charge in [-0.05, 0) is 25.3 Å². The van der Waals surface area contributed by atoms with Crippen molar-refractivity contribution in [2.24, 2.45) is 11.7 Å². The average molecular weight is 254 g/mol. The van der Waals surface area contributed by atoms with Gasteiger partial charge >= 0.3 is 0 Å². The third kappa shape index (κ3) is 2.95. The third-order valence-corrected chi connectivity index (χ3v) is 4.05. The van der Waals surface area contributed by atoms with Crippen molar-refractivity contribution in [2.75, 3.05) is 12.3 Å². The van der Waals surface area contributed by atoms with Crippen LogP contribution in [0.15, 0.2) is 6.20 Å². The fraction of sp³-hybridized carbons (Fsp3) is 0.636. The number of hydrogen-bond donors (Lipinski definition) is 2. The summed E-state index contributed by atoms with van der Waals surface area (Å²) < 4.78 is 0. The molecule has 1 amide bonds. The van der Waals surface area contributed by atoms with E-state index in [1.807, 2.05) is 0 Å². The highest BCUT2D eigenvalue weighted by atomic mass is 32.1. The van der Waals surface area contributed by atoms with Gasteiger partial charge in [0, 0.05) is 17.6 Å². The number of carbonyl (C=O) groups excluding carboxylic acids is 1. The van der Waals surface area contributed by atoms with Crippen LogP contribution in [-0.4, -0.2) is 28.4 Å². The Kier molecular flexibility index (Phi) is 3.63. The summed E-state index contributed by atoms with van der Waals surface area (Å²) in [5.74, 6) is 0.337. The van der Waals surface area contributed by atoms with Crippen LogP contribution < -0.4 is 11.5 Å². The molecule has 2 rings (SSSR count). The van der Waals surface area contributed by atoms with Gasteiger partial charge in [0.25, 0.3) is 0 Å². The van der Waals surface area contributed by atoms with Crippen LogP contribution in [0, 0.1) is 5.92 Å². The molecule has 0 aromatic carbocycles. The van der Waals surface area contributed by atoms with E-state index in [0.29, 0.717) is 11.0 Å². The van der Waals surface area contributed by atoms with E-state index in [9.17, 15) is 4.79 Å². The summed E-state index contributed by atoms with van der Waals surface area (Å²) in [7, 11) is 0. The Morgan fingerprint density at radius 3 is 3.06 bits per heavy atom. The summed E-state index contributed by atoms with van der Waals surface area (Å²) in [5, 5.41) is 0.570. The number of primary amides is 1. The van der Waals surface area contributed by atoms with Crippen LogP contribution in [0.3, 0.4) is 0 Å². The molecule has 0 bridgehead atoms. The standard InChI is InChI=1S/C11H18N4OS/c1-7-2-3-15(9(4-7)10(12)16)6-8-5-14-11(13)17-8/h5,7,9H,2-4,6H2,1H3,(H2,12,16)(H2,13,14). The first-order chi connectivity index (χ1) is 8.06. The maximum absolute atomic E-state index is 11.4. The van der Waals surface area contributed by atoms with E-state index in [2.05, 4.69) is 16.8 Å². The molecule has 94 valence electrons. The predicted molar refractivity (Wildman–Crippen MR) is 68.3 cm³/mol. The lowest BCUT2D eigenvalue weighted by Gasteiger charge is -2.36. The zero-order valence-corrected chi connectivity index (χ0v) is 10.7. The highest BCUT2D eigenvalue weighted by molar-refractivity contribution is 7.15. The molecule has 0 radical (unpaired) electrons. The number of aromatic nitrogens is 1. The second kappa shape index (κ2) is 5.01. The van der Waals surface area contributed by atoms with Crippen LogP contribution in [0.4, 0.5) is 5.13 Å². The summed E-state index contributed by atoms with van der Waals surface area (Å²) in [6.07, 6.45) is 3.73. The molecule has 0 aliphatic carbocycles. The lowest BCUT2D eigenvalue weighted by molar-refractivity contribution is -0.125. The second-order valence-electron chi connectivity index (χ2n) is 4.68. The van der Waals surface area contributed by atoms with Gasteiger partial charge < -0.3 is 11.5 Å². The molecule has 1 aromatic rings. The van der Waals surface area contributed by atoms with Crippen molar-refractivity contribution < 1.29 is 4.79 Å². The summed E-state index contributed by atoms with van der Waals surface area (Å²) in [4.78, 5) is 18.7. The molecule has 1 aromatic heterocycles. The van der Waals surface area contributed by atoms with Crippen LogP contribution in [0.2, 0.25) is 0 Å². The van der Waals surface area contributed by atoms with Gasteiger partial charge in [-0.3, -0.25) is 9.69 Å². The monoisotopic (exact) mass is 254 g/mol. The molecule has 2 atom stereocenters. The SMILES string of the molecule is CC1CCN(Cc2cnc(N)s2)C(C(N)=O)C1. The molecule has 0 saturated carbocycles. The van der Waals surface area contributed by atoms with Gasteiger partial charge in [-0.15, -0.1) is 11.3 Å². The first kappa shape index (κ1) is 12.3. The fourth-order valence-electron chi connectivity index (χ4n) is 2.27. The van der Waals surface area contributed by atoms with Crippen molar-refractivity contribution in [1.82, 2.24) is 9.88 Å². The van der Waals surface area contributed by atoms with Crippen molar-refractivity contribution in [3.05, 3.63) is 11.1 Å². The molecule has 5 nitrogen and oxygen atoms in total. The fourth-order valence-corrected chi connectivity index (χ4v) is 2.98. The van der Waals surface area contributed by atoms with E-state index in [0.717, 1.165) is 30.8 Å². The molecule has 0 spiro atoms. The lowest BCUT2D eigenvalue weighted by Crippen LogP contribution is -2.48. The number of nitrogen functional groups attached to an aromatic ring is 1. The summed E-state index contributed by atoms with van der Waals surface area (Å²) in [5.41, 5.74) is 11.1. The van der Waals surface area contributed by atoms with E-state index in [-0.39, 0.29) is 11.9 Å². The molecule has 1 aliphatic heterocycles. The Labute approximate surface area is 105 Å². The first-order valence-electron chi connectivity index (χ1n) is 5.80. The number of amides is 1. The largest absolute Gasteiger partial charge is 0.375 e. The zero-order valence-electron chi connectivity index (χ0n) is 9.93. The topological polar surface area (TPSA) is 85.2 Å². The van der Waals surface area contributed by atoms with Crippen molar-refractivity contribution >= 4 is 22.4 Å². The number of nitrogens with zero attached hydrogens (tertiary/aromatic N) is 2. The zero-order chi connectivity index (χ0) is 12.4. The van der Waals surface area contributed by atoms with E-state index in [1.165, 1.54) is 11.3 Å². The van der Waals surface area contributed by atoms with Gasteiger partial charge in [-0.2, -0.15) is 0 Å². The normalized spacial score (nSPS) is 25.9. The molecule has 6 heteroatoms. The predicted octanol–water partition coefficient (Wildman–Crippen LogP) is 0.811. The number of likely N-dealkylation sites (tertiary alicyclic amines) is 1. The smallest absolute Gasteiger partial charge is 0.234 e. The summed E-state index contributed by atoms with van der Waals surface area (Å²) >= 11 is 1.47. The number of piperidine rings is 1. The van der Waals surface area contributed by atoms with Crippen LogP contribution in [0.1, 0.15) is 24.6 Å². The molecular formula is C11H18N4OS. The molecular weight excluding hydrogens is 236 g/mol. The van der Waals surface area contributed by atoms with Crippen LogP contribution in [-0.2, 0) is 11.3 Å². The Balaban J connectivity index is 2.05. The maximum atomic E-state index is 11.4. The highest BCUT2D eigenvalue weighted by Crippen LogP contribution is 2.25. The van der Waals surface area contributed by atoms with E-state index >= 15 is 0 Å². The number of carbonyl (C=O) groups is 1. The molecule has 1 aliphatic rings. The van der Waals surface area contributed by atoms with Crippen LogP contribution in [0.5, 0.6) is 0 Å². The molecule has 2 heterocycles. The van der Waals surface area contributed by atoms with E-state index in [1.54, 1.807) is 6.20 Å². The van der Waals surface area contributed by atoms with Crippen molar-refractivity contribution in [2.45, 2.75) is 32.4 Å². The average Bonchev–Trinajstić information content (AvgIpc) is 2.66. The van der Waals surface area contributed by atoms with Gasteiger partial charge in [-0.25, -0.2) is 4.98 Å². The van der Waals surface area contributed by atoms with Crippen molar-refractivity contribution in [1.29, 1.82) is 0 Å². The van der Waals surface area contributed by atoms with Gasteiger partial charge in [0.1, 0.15) is 0 Å². The minimum atomic E-state index is -0.228. The Morgan fingerprint density at radius 2 is 2.47 bits per heavy atom. The summed E-state index contributed by atoms with van der Waals surface area (Å²) in [6.45, 7) is 3.79. The minimum Gasteiger partial charge on any atom is -0.375 e. The molecule has 1 saturated heterocycles. The second-order valence-corrected chi connectivity index (χ2v) is 5.83. The van der Waals surface area contributed by atoms with Gasteiger partial charge in [0.15, 0.2) is 5.13 Å². The number of anilines is 1. The van der Waals surface area contributed by atoms with Crippen LogP contribution >= 0.6 is 11.3 Å². The molecule has 17 heavy (non-hydrogen) atoms. The minimum absolute atomic E-state index is 0.151. The van der Waals surface area contributed by atoms with Crippen molar-refractivity contribution in [3.8, 4) is 0 Å².